The van der Waals surface area contributed by atoms with Gasteiger partial charge in [0.05, 0.1) is 13.3 Å². The Morgan fingerprint density at radius 2 is 2.00 bits per heavy atom. The number of hydrogen-bond acceptors (Lipinski definition) is 4. The Bertz CT molecular complexity index is 449. The van der Waals surface area contributed by atoms with Gasteiger partial charge in [-0.25, -0.2) is 0 Å². The maximum absolute atomic E-state index is 9.56. The lowest BCUT2D eigenvalue weighted by molar-refractivity contribution is 0.109. The fourth-order valence-corrected chi connectivity index (χ4v) is 2.54. The number of phenolic OH excluding ortho intramolecular Hbond substituents is 1. The number of hydrogen-bond donors (Lipinski definition) is 1. The number of phenols is 1. The van der Waals surface area contributed by atoms with E-state index < -0.39 is 0 Å². The topological polar surface area (TPSA) is 45.1 Å². The first-order chi connectivity index (χ1) is 9.11. The molecule has 4 nitrogen and oxygen atoms in total. The molecule has 0 radical (unpaired) electrons. The zero-order chi connectivity index (χ0) is 13.8. The number of ether oxygens (including phenoxy) is 1. The van der Waals surface area contributed by atoms with Gasteiger partial charge in [-0.3, -0.25) is 5.01 Å². The van der Waals surface area contributed by atoms with Gasteiger partial charge in [-0.15, -0.1) is 0 Å². The minimum absolute atomic E-state index is 0.152. The smallest absolute Gasteiger partial charge is 0.161 e. The normalized spacial score (nSPS) is 23.8. The predicted octanol–water partition coefficient (Wildman–Crippen LogP) is 3.00. The number of rotatable bonds is 3. The van der Waals surface area contributed by atoms with Gasteiger partial charge in [0, 0.05) is 12.1 Å². The van der Waals surface area contributed by atoms with Gasteiger partial charge in [0.1, 0.15) is 0 Å². The second-order valence-corrected chi connectivity index (χ2v) is 5.18. The molecule has 0 bridgehead atoms. The van der Waals surface area contributed by atoms with Crippen LogP contribution >= 0.6 is 0 Å². The van der Waals surface area contributed by atoms with Gasteiger partial charge in [-0.05, 0) is 56.9 Å². The number of hydrazone groups is 1. The van der Waals surface area contributed by atoms with Crippen LogP contribution in [0.3, 0.4) is 0 Å². The van der Waals surface area contributed by atoms with Gasteiger partial charge in [0.25, 0.3) is 0 Å². The van der Waals surface area contributed by atoms with Gasteiger partial charge in [0.15, 0.2) is 11.5 Å². The van der Waals surface area contributed by atoms with Crippen LogP contribution in [0.15, 0.2) is 23.3 Å². The molecule has 0 amide bonds. The SMILES string of the molecule is COc1cc(/C=N/N2[C@H](C)CCC[C@H]2C)ccc1O. The summed E-state index contributed by atoms with van der Waals surface area (Å²) in [5, 5.41) is 16.3. The molecule has 2 atom stereocenters. The van der Waals surface area contributed by atoms with Crippen molar-refractivity contribution in [2.45, 2.75) is 45.2 Å². The second-order valence-electron chi connectivity index (χ2n) is 5.18. The Kier molecular flexibility index (Phi) is 4.30. The Hall–Kier alpha value is -1.71. The molecule has 1 N–H and O–H groups in total. The van der Waals surface area contributed by atoms with E-state index in [1.54, 1.807) is 19.2 Å². The summed E-state index contributed by atoms with van der Waals surface area (Å²) in [7, 11) is 1.55. The summed E-state index contributed by atoms with van der Waals surface area (Å²) in [5.74, 6) is 0.628. The second kappa shape index (κ2) is 5.95. The Balaban J connectivity index is 2.13. The van der Waals surface area contributed by atoms with Crippen molar-refractivity contribution in [3.05, 3.63) is 23.8 Å². The third-order valence-electron chi connectivity index (χ3n) is 3.69. The molecule has 1 aliphatic heterocycles. The van der Waals surface area contributed by atoms with Crippen LogP contribution in [-0.4, -0.2) is 35.5 Å². The molecule has 19 heavy (non-hydrogen) atoms. The summed E-state index contributed by atoms with van der Waals surface area (Å²) in [6.45, 7) is 4.43. The summed E-state index contributed by atoms with van der Waals surface area (Å²) in [6.07, 6.45) is 5.50. The summed E-state index contributed by atoms with van der Waals surface area (Å²) < 4.78 is 5.09. The zero-order valence-electron chi connectivity index (χ0n) is 11.8. The standard InChI is InChI=1S/C15H22N2O2/c1-11-5-4-6-12(2)17(11)16-10-13-7-8-14(18)15(9-13)19-3/h7-12,18H,4-6H2,1-3H3/b16-10+/t11-,12-/m1/s1. The van der Waals surface area contributed by atoms with Crippen LogP contribution in [0.4, 0.5) is 0 Å². The quantitative estimate of drug-likeness (QED) is 0.852. The molecule has 0 unspecified atom stereocenters. The number of piperidine rings is 1. The molecule has 104 valence electrons. The highest BCUT2D eigenvalue weighted by atomic mass is 16.5. The van der Waals surface area contributed by atoms with Gasteiger partial charge in [-0.2, -0.15) is 5.10 Å². The molecule has 1 aromatic rings. The average molecular weight is 262 g/mol. The van der Waals surface area contributed by atoms with Crippen molar-refractivity contribution in [3.63, 3.8) is 0 Å². The molecule has 1 saturated heterocycles. The fraction of sp³-hybridized carbons (Fsp3) is 0.533. The van der Waals surface area contributed by atoms with Crippen molar-refractivity contribution >= 4 is 6.21 Å². The summed E-state index contributed by atoms with van der Waals surface area (Å²) in [4.78, 5) is 0. The van der Waals surface area contributed by atoms with Crippen molar-refractivity contribution in [3.8, 4) is 11.5 Å². The van der Waals surface area contributed by atoms with Crippen LogP contribution in [-0.2, 0) is 0 Å². The highest BCUT2D eigenvalue weighted by molar-refractivity contribution is 5.80. The van der Waals surface area contributed by atoms with E-state index in [2.05, 4.69) is 24.0 Å². The molecule has 2 rings (SSSR count). The summed E-state index contributed by atoms with van der Waals surface area (Å²) in [5.41, 5.74) is 0.930. The van der Waals surface area contributed by atoms with E-state index in [0.717, 1.165) is 5.56 Å². The number of benzene rings is 1. The Morgan fingerprint density at radius 3 is 2.63 bits per heavy atom. The van der Waals surface area contributed by atoms with Crippen molar-refractivity contribution in [2.75, 3.05) is 7.11 Å². The van der Waals surface area contributed by atoms with E-state index in [4.69, 9.17) is 4.74 Å². The number of nitrogens with zero attached hydrogens (tertiary/aromatic N) is 2. The lowest BCUT2D eigenvalue weighted by atomic mass is 10.00. The highest BCUT2D eigenvalue weighted by Crippen LogP contribution is 2.26. The van der Waals surface area contributed by atoms with E-state index in [1.807, 2.05) is 12.3 Å². The number of aromatic hydroxyl groups is 1. The maximum Gasteiger partial charge on any atom is 0.161 e. The van der Waals surface area contributed by atoms with Crippen molar-refractivity contribution < 1.29 is 9.84 Å². The van der Waals surface area contributed by atoms with E-state index in [-0.39, 0.29) is 5.75 Å². The van der Waals surface area contributed by atoms with E-state index in [0.29, 0.717) is 17.8 Å². The third-order valence-corrected chi connectivity index (χ3v) is 3.69. The molecule has 1 aliphatic rings. The molecule has 1 fully saturated rings. The van der Waals surface area contributed by atoms with Crippen LogP contribution in [0.1, 0.15) is 38.7 Å². The minimum atomic E-state index is 0.152. The molecular weight excluding hydrogens is 240 g/mol. The lowest BCUT2D eigenvalue weighted by Crippen LogP contribution is -2.39. The van der Waals surface area contributed by atoms with Gasteiger partial charge < -0.3 is 9.84 Å². The average Bonchev–Trinajstić information content (AvgIpc) is 2.40. The monoisotopic (exact) mass is 262 g/mol. The van der Waals surface area contributed by atoms with Crippen molar-refractivity contribution in [1.29, 1.82) is 0 Å². The van der Waals surface area contributed by atoms with Gasteiger partial charge in [-0.1, -0.05) is 0 Å². The highest BCUT2D eigenvalue weighted by Gasteiger charge is 2.22. The van der Waals surface area contributed by atoms with Gasteiger partial charge >= 0.3 is 0 Å². The van der Waals surface area contributed by atoms with E-state index in [9.17, 15) is 5.11 Å². The summed E-state index contributed by atoms with van der Waals surface area (Å²) >= 11 is 0. The third kappa shape index (κ3) is 3.19. The molecule has 0 aromatic heterocycles. The number of methoxy groups -OCH3 is 1. The molecule has 1 heterocycles. The van der Waals surface area contributed by atoms with E-state index in [1.165, 1.54) is 19.3 Å². The molecular formula is C15H22N2O2. The molecule has 0 aliphatic carbocycles. The fourth-order valence-electron chi connectivity index (χ4n) is 2.54. The van der Waals surface area contributed by atoms with Crippen LogP contribution in [0.5, 0.6) is 11.5 Å². The lowest BCUT2D eigenvalue weighted by Gasteiger charge is -2.36. The largest absolute Gasteiger partial charge is 0.504 e. The first-order valence-electron chi connectivity index (χ1n) is 6.81. The van der Waals surface area contributed by atoms with Crippen LogP contribution < -0.4 is 4.74 Å². The van der Waals surface area contributed by atoms with E-state index >= 15 is 0 Å². The minimum Gasteiger partial charge on any atom is -0.504 e. The van der Waals surface area contributed by atoms with Crippen LogP contribution in [0.25, 0.3) is 0 Å². The van der Waals surface area contributed by atoms with Crippen molar-refractivity contribution in [1.82, 2.24) is 5.01 Å². The van der Waals surface area contributed by atoms with Gasteiger partial charge in [0.2, 0.25) is 0 Å². The molecule has 1 aromatic carbocycles. The summed E-state index contributed by atoms with van der Waals surface area (Å²) in [6, 6.07) is 6.22. The molecule has 0 spiro atoms. The predicted molar refractivity (Wildman–Crippen MR) is 76.9 cm³/mol. The molecule has 0 saturated carbocycles. The zero-order valence-corrected chi connectivity index (χ0v) is 11.8. The van der Waals surface area contributed by atoms with Crippen LogP contribution in [0, 0.1) is 0 Å². The first-order valence-corrected chi connectivity index (χ1v) is 6.81. The first kappa shape index (κ1) is 13.7. The van der Waals surface area contributed by atoms with Crippen molar-refractivity contribution in [2.24, 2.45) is 5.10 Å². The van der Waals surface area contributed by atoms with Crippen LogP contribution in [0.2, 0.25) is 0 Å². The maximum atomic E-state index is 9.56. The Labute approximate surface area is 114 Å². The molecule has 4 heteroatoms. The Morgan fingerprint density at radius 1 is 1.32 bits per heavy atom.